The summed E-state index contributed by atoms with van der Waals surface area (Å²) in [5.74, 6) is -0.694. The van der Waals surface area contributed by atoms with Gasteiger partial charge in [-0.25, -0.2) is 22.9 Å². The molecule has 28 heavy (non-hydrogen) atoms. The largest absolute Gasteiger partial charge is 0.459 e. The fourth-order valence-electron chi connectivity index (χ4n) is 2.42. The van der Waals surface area contributed by atoms with Crippen molar-refractivity contribution in [2.24, 2.45) is 5.14 Å². The number of esters is 1. The van der Waals surface area contributed by atoms with Gasteiger partial charge in [0.25, 0.3) is 0 Å². The molecule has 1 aromatic heterocycles. The maximum atomic E-state index is 13.0. The number of benzene rings is 2. The first-order chi connectivity index (χ1) is 13.3. The van der Waals surface area contributed by atoms with Crippen molar-refractivity contribution in [1.82, 2.24) is 4.98 Å². The topological polar surface area (TPSA) is 99.4 Å². The van der Waals surface area contributed by atoms with Crippen molar-refractivity contribution in [2.75, 3.05) is 0 Å². The molecule has 0 radical (unpaired) electrons. The molecule has 2 aromatic carbocycles. The Kier molecular flexibility index (Phi) is 6.18. The molecule has 9 heteroatoms. The highest BCUT2D eigenvalue weighted by molar-refractivity contribution is 7.89. The number of aryl methyl sites for hydroxylation is 1. The van der Waals surface area contributed by atoms with Crippen LogP contribution in [0.1, 0.15) is 17.7 Å². The summed E-state index contributed by atoms with van der Waals surface area (Å²) in [6, 6.07) is 12.1. The number of hydrogen-bond donors (Lipinski definition) is 1. The number of rotatable bonds is 7. The molecule has 0 unspecified atom stereocenters. The Morgan fingerprint density at radius 3 is 2.43 bits per heavy atom. The first-order valence-electron chi connectivity index (χ1n) is 8.29. The zero-order valence-corrected chi connectivity index (χ0v) is 16.3. The quantitative estimate of drug-likeness (QED) is 0.592. The van der Waals surface area contributed by atoms with E-state index in [-0.39, 0.29) is 29.7 Å². The molecule has 0 aliphatic carbocycles. The van der Waals surface area contributed by atoms with Crippen LogP contribution >= 0.6 is 11.3 Å². The van der Waals surface area contributed by atoms with Crippen LogP contribution in [0.3, 0.4) is 0 Å². The number of carbonyl (C=O) groups is 1. The third-order valence-electron chi connectivity index (χ3n) is 3.89. The third-order valence-corrected chi connectivity index (χ3v) is 5.76. The fourth-order valence-corrected chi connectivity index (χ4v) is 3.74. The molecule has 0 aliphatic rings. The zero-order valence-electron chi connectivity index (χ0n) is 14.7. The molecule has 6 nitrogen and oxygen atoms in total. The molecule has 0 fully saturated rings. The number of thiazole rings is 1. The molecule has 0 bridgehead atoms. The number of hydrogen-bond acceptors (Lipinski definition) is 6. The van der Waals surface area contributed by atoms with Crippen LogP contribution in [0.15, 0.2) is 58.8 Å². The Balaban J connectivity index is 1.49. The second-order valence-corrected chi connectivity index (χ2v) is 8.42. The van der Waals surface area contributed by atoms with Gasteiger partial charge in [0.05, 0.1) is 10.6 Å². The van der Waals surface area contributed by atoms with Crippen molar-refractivity contribution < 1.29 is 22.3 Å². The fraction of sp³-hybridized carbons (Fsp3) is 0.158. The van der Waals surface area contributed by atoms with Crippen LogP contribution in [0.5, 0.6) is 0 Å². The van der Waals surface area contributed by atoms with Gasteiger partial charge in [-0.3, -0.25) is 4.79 Å². The molecule has 0 spiro atoms. The van der Waals surface area contributed by atoms with Crippen LogP contribution in [-0.4, -0.2) is 19.4 Å². The summed E-state index contributed by atoms with van der Waals surface area (Å²) in [6.45, 7) is 0.0564. The molecule has 3 aromatic rings. The van der Waals surface area contributed by atoms with Gasteiger partial charge in [0.2, 0.25) is 10.0 Å². The highest BCUT2D eigenvalue weighted by Gasteiger charge is 2.10. The van der Waals surface area contributed by atoms with E-state index in [1.807, 2.05) is 0 Å². The van der Waals surface area contributed by atoms with E-state index in [1.54, 1.807) is 29.6 Å². The predicted octanol–water partition coefficient (Wildman–Crippen LogP) is 3.27. The van der Waals surface area contributed by atoms with Crippen molar-refractivity contribution in [3.05, 3.63) is 71.0 Å². The lowest BCUT2D eigenvalue weighted by atomic mass is 10.1. The van der Waals surface area contributed by atoms with E-state index < -0.39 is 10.0 Å². The minimum atomic E-state index is -3.73. The van der Waals surface area contributed by atoms with Crippen LogP contribution in [0, 0.1) is 5.82 Å². The highest BCUT2D eigenvalue weighted by atomic mass is 32.2. The number of nitrogens with zero attached hydrogens (tertiary/aromatic N) is 1. The van der Waals surface area contributed by atoms with E-state index in [4.69, 9.17) is 9.88 Å². The van der Waals surface area contributed by atoms with E-state index in [0.717, 1.165) is 16.1 Å². The van der Waals surface area contributed by atoms with Crippen LogP contribution in [-0.2, 0) is 32.6 Å². The van der Waals surface area contributed by atoms with Crippen LogP contribution in [0.4, 0.5) is 4.39 Å². The van der Waals surface area contributed by atoms with Gasteiger partial charge in [0.15, 0.2) is 0 Å². The first kappa shape index (κ1) is 20.1. The second kappa shape index (κ2) is 8.59. The van der Waals surface area contributed by atoms with Gasteiger partial charge in [0, 0.05) is 17.4 Å². The van der Waals surface area contributed by atoms with Gasteiger partial charge < -0.3 is 4.74 Å². The average molecular weight is 420 g/mol. The number of ether oxygens (including phenoxy) is 1. The van der Waals surface area contributed by atoms with Crippen molar-refractivity contribution >= 4 is 27.3 Å². The molecule has 3 rings (SSSR count). The summed E-state index contributed by atoms with van der Waals surface area (Å²) >= 11 is 1.39. The monoisotopic (exact) mass is 420 g/mol. The van der Waals surface area contributed by atoms with Crippen LogP contribution < -0.4 is 5.14 Å². The molecule has 0 aliphatic heterocycles. The summed E-state index contributed by atoms with van der Waals surface area (Å²) in [7, 11) is -3.73. The number of halogens is 1. The molecular weight excluding hydrogens is 403 g/mol. The lowest BCUT2D eigenvalue weighted by Gasteiger charge is -2.04. The van der Waals surface area contributed by atoms with Gasteiger partial charge in [-0.15, -0.1) is 11.3 Å². The van der Waals surface area contributed by atoms with E-state index in [9.17, 15) is 17.6 Å². The minimum absolute atomic E-state index is 0.0271. The molecular formula is C19H17FN2O4S2. The van der Waals surface area contributed by atoms with E-state index >= 15 is 0 Å². The molecule has 0 atom stereocenters. The SMILES string of the molecule is NS(=O)(=O)c1ccc(CCC(=O)OCc2csc(-c3ccc(F)cc3)n2)cc1. The van der Waals surface area contributed by atoms with E-state index in [2.05, 4.69) is 4.98 Å². The first-order valence-corrected chi connectivity index (χ1v) is 10.7. The predicted molar refractivity (Wildman–Crippen MR) is 103 cm³/mol. The van der Waals surface area contributed by atoms with Crippen LogP contribution in [0.25, 0.3) is 10.6 Å². The Hall–Kier alpha value is -2.62. The number of primary sulfonamides is 1. The van der Waals surface area contributed by atoms with Crippen molar-refractivity contribution in [1.29, 1.82) is 0 Å². The Bertz CT molecular complexity index is 1060. The van der Waals surface area contributed by atoms with Gasteiger partial charge in [-0.05, 0) is 48.4 Å². The van der Waals surface area contributed by atoms with Crippen molar-refractivity contribution in [3.8, 4) is 10.6 Å². The van der Waals surface area contributed by atoms with E-state index in [1.165, 1.54) is 35.6 Å². The summed E-state index contributed by atoms with van der Waals surface area (Å²) in [6.07, 6.45) is 0.575. The summed E-state index contributed by atoms with van der Waals surface area (Å²) < 4.78 is 40.6. The molecule has 2 N–H and O–H groups in total. The second-order valence-electron chi connectivity index (χ2n) is 6.00. The number of carbonyl (C=O) groups excluding carboxylic acids is 1. The van der Waals surface area contributed by atoms with Gasteiger partial charge in [-0.2, -0.15) is 0 Å². The summed E-state index contributed by atoms with van der Waals surface area (Å²) in [5.41, 5.74) is 2.22. The molecule has 146 valence electrons. The number of sulfonamides is 1. The number of aromatic nitrogens is 1. The highest BCUT2D eigenvalue weighted by Crippen LogP contribution is 2.24. The standard InChI is InChI=1S/C19H17FN2O4S2/c20-15-6-4-14(5-7-15)19-22-16(12-27-19)11-26-18(23)10-3-13-1-8-17(9-2-13)28(21,24)25/h1-2,4-9,12H,3,10-11H2,(H2,21,24,25). The van der Waals surface area contributed by atoms with Gasteiger partial charge >= 0.3 is 5.97 Å². The Morgan fingerprint density at radius 2 is 1.79 bits per heavy atom. The molecule has 1 heterocycles. The summed E-state index contributed by atoms with van der Waals surface area (Å²) in [4.78, 5) is 16.3. The molecule has 0 saturated heterocycles. The summed E-state index contributed by atoms with van der Waals surface area (Å²) in [5, 5.41) is 7.56. The van der Waals surface area contributed by atoms with E-state index in [0.29, 0.717) is 12.1 Å². The van der Waals surface area contributed by atoms with Crippen molar-refractivity contribution in [2.45, 2.75) is 24.3 Å². The van der Waals surface area contributed by atoms with Gasteiger partial charge in [-0.1, -0.05) is 12.1 Å². The Labute approximate surface area is 165 Å². The molecule has 0 saturated carbocycles. The minimum Gasteiger partial charge on any atom is -0.459 e. The molecule has 0 amide bonds. The Morgan fingerprint density at radius 1 is 1.11 bits per heavy atom. The zero-order chi connectivity index (χ0) is 20.1. The average Bonchev–Trinajstić information content (AvgIpc) is 3.14. The van der Waals surface area contributed by atoms with Crippen LogP contribution in [0.2, 0.25) is 0 Å². The van der Waals surface area contributed by atoms with Gasteiger partial charge in [0.1, 0.15) is 17.4 Å². The lowest BCUT2D eigenvalue weighted by Crippen LogP contribution is -2.12. The lowest BCUT2D eigenvalue weighted by molar-refractivity contribution is -0.145. The third kappa shape index (κ3) is 5.44. The number of nitrogens with two attached hydrogens (primary N) is 1. The maximum Gasteiger partial charge on any atom is 0.306 e. The van der Waals surface area contributed by atoms with Crippen molar-refractivity contribution in [3.63, 3.8) is 0 Å². The maximum absolute atomic E-state index is 13.0. The smallest absolute Gasteiger partial charge is 0.306 e. The normalized spacial score (nSPS) is 11.4.